The molecule has 2 rings (SSSR count). The van der Waals surface area contributed by atoms with E-state index in [9.17, 15) is 9.59 Å². The van der Waals surface area contributed by atoms with E-state index < -0.39 is 5.91 Å². The van der Waals surface area contributed by atoms with Crippen LogP contribution in [-0.2, 0) is 0 Å². The summed E-state index contributed by atoms with van der Waals surface area (Å²) in [5, 5.41) is 5.87. The number of methoxy groups -OCH3 is 1. The van der Waals surface area contributed by atoms with Gasteiger partial charge in [0.1, 0.15) is 11.4 Å². The van der Waals surface area contributed by atoms with Gasteiger partial charge in [0.25, 0.3) is 11.8 Å². The topological polar surface area (TPSA) is 83.6 Å². The highest BCUT2D eigenvalue weighted by molar-refractivity contribution is 6.32. The first-order valence-electron chi connectivity index (χ1n) is 7.94. The summed E-state index contributed by atoms with van der Waals surface area (Å²) in [4.78, 5) is 30.5. The van der Waals surface area contributed by atoms with E-state index in [1.54, 1.807) is 24.3 Å². The Morgan fingerprint density at radius 3 is 2.62 bits per heavy atom. The molecule has 2 amide bonds. The lowest BCUT2D eigenvalue weighted by atomic mass is 10.2. The number of nitrogens with zero attached hydrogens (tertiary/aromatic N) is 2. The molecule has 138 valence electrons. The first-order valence-corrected chi connectivity index (χ1v) is 8.32. The molecule has 1 aromatic heterocycles. The minimum Gasteiger partial charge on any atom is -0.495 e. The number of anilines is 1. The summed E-state index contributed by atoms with van der Waals surface area (Å²) >= 11 is 6.05. The number of hydrogen-bond donors (Lipinski definition) is 2. The Morgan fingerprint density at radius 1 is 1.19 bits per heavy atom. The second-order valence-electron chi connectivity index (χ2n) is 5.79. The first kappa shape index (κ1) is 19.7. The third-order valence-electron chi connectivity index (χ3n) is 3.51. The fraction of sp³-hybridized carbons (Fsp3) is 0.278. The quantitative estimate of drug-likeness (QED) is 0.774. The van der Waals surface area contributed by atoms with Gasteiger partial charge in [-0.3, -0.25) is 14.6 Å². The average Bonchev–Trinajstić information content (AvgIpc) is 2.61. The van der Waals surface area contributed by atoms with Crippen molar-refractivity contribution in [1.29, 1.82) is 0 Å². The molecular formula is C18H21ClN4O3. The molecule has 0 unspecified atom stereocenters. The molecule has 2 N–H and O–H groups in total. The van der Waals surface area contributed by atoms with E-state index in [1.807, 2.05) is 19.0 Å². The van der Waals surface area contributed by atoms with Crippen LogP contribution in [0.3, 0.4) is 0 Å². The Balaban J connectivity index is 2.05. The molecule has 0 bridgehead atoms. The number of benzene rings is 1. The molecule has 0 radical (unpaired) electrons. The van der Waals surface area contributed by atoms with Crippen LogP contribution >= 0.6 is 11.6 Å². The zero-order valence-corrected chi connectivity index (χ0v) is 15.6. The van der Waals surface area contributed by atoms with Gasteiger partial charge >= 0.3 is 0 Å². The van der Waals surface area contributed by atoms with Crippen molar-refractivity contribution in [3.63, 3.8) is 0 Å². The summed E-state index contributed by atoms with van der Waals surface area (Å²) in [7, 11) is 5.36. The van der Waals surface area contributed by atoms with Crippen molar-refractivity contribution in [2.75, 3.05) is 39.6 Å². The molecule has 0 spiro atoms. The number of rotatable bonds is 7. The van der Waals surface area contributed by atoms with Gasteiger partial charge in [-0.1, -0.05) is 11.6 Å². The molecule has 0 aliphatic heterocycles. The van der Waals surface area contributed by atoms with Crippen LogP contribution in [0.2, 0.25) is 5.02 Å². The maximum atomic E-state index is 12.4. The maximum Gasteiger partial charge on any atom is 0.274 e. The van der Waals surface area contributed by atoms with Crippen LogP contribution in [0.15, 0.2) is 36.5 Å². The van der Waals surface area contributed by atoms with Crippen molar-refractivity contribution < 1.29 is 14.3 Å². The summed E-state index contributed by atoms with van der Waals surface area (Å²) in [5.41, 5.74) is 1.01. The zero-order chi connectivity index (χ0) is 19.1. The number of likely N-dealkylation sites (N-methyl/N-ethyl adjacent to an activating group) is 1. The van der Waals surface area contributed by atoms with Gasteiger partial charge in [0.05, 0.1) is 12.1 Å². The van der Waals surface area contributed by atoms with Gasteiger partial charge < -0.3 is 20.3 Å². The monoisotopic (exact) mass is 376 g/mol. The highest BCUT2D eigenvalue weighted by Crippen LogP contribution is 2.27. The molecule has 1 heterocycles. The minimum absolute atomic E-state index is 0.136. The van der Waals surface area contributed by atoms with Gasteiger partial charge in [-0.15, -0.1) is 0 Å². The number of amides is 2. The van der Waals surface area contributed by atoms with E-state index in [1.165, 1.54) is 19.4 Å². The van der Waals surface area contributed by atoms with Gasteiger partial charge in [-0.2, -0.15) is 0 Å². The van der Waals surface area contributed by atoms with Crippen LogP contribution in [0.1, 0.15) is 20.8 Å². The number of carbonyl (C=O) groups is 2. The third kappa shape index (κ3) is 5.44. The van der Waals surface area contributed by atoms with E-state index in [-0.39, 0.29) is 11.6 Å². The number of hydrogen-bond acceptors (Lipinski definition) is 5. The second-order valence-corrected chi connectivity index (χ2v) is 6.20. The van der Waals surface area contributed by atoms with E-state index in [0.29, 0.717) is 28.6 Å². The van der Waals surface area contributed by atoms with Gasteiger partial charge in [0.2, 0.25) is 0 Å². The fourth-order valence-electron chi connectivity index (χ4n) is 2.13. The van der Waals surface area contributed by atoms with Crippen molar-refractivity contribution in [3.8, 4) is 5.75 Å². The van der Waals surface area contributed by atoms with Crippen LogP contribution in [0.5, 0.6) is 5.75 Å². The first-order chi connectivity index (χ1) is 12.4. The minimum atomic E-state index is -0.436. The fourth-order valence-corrected chi connectivity index (χ4v) is 2.39. The van der Waals surface area contributed by atoms with Crippen LogP contribution in [0, 0.1) is 0 Å². The van der Waals surface area contributed by atoms with Crippen molar-refractivity contribution in [3.05, 3.63) is 52.8 Å². The Bertz CT molecular complexity index is 796. The number of pyridine rings is 1. The molecule has 0 saturated heterocycles. The summed E-state index contributed by atoms with van der Waals surface area (Å²) in [6.45, 7) is 1.24. The smallest absolute Gasteiger partial charge is 0.274 e. The molecule has 7 nitrogen and oxygen atoms in total. The lowest BCUT2D eigenvalue weighted by molar-refractivity contribution is 0.0951. The van der Waals surface area contributed by atoms with Gasteiger partial charge in [-0.25, -0.2) is 0 Å². The van der Waals surface area contributed by atoms with Crippen LogP contribution in [0.4, 0.5) is 5.69 Å². The predicted octanol–water partition coefficient (Wildman–Crippen LogP) is 2.29. The Morgan fingerprint density at radius 2 is 1.96 bits per heavy atom. The predicted molar refractivity (Wildman–Crippen MR) is 101 cm³/mol. The molecule has 8 heteroatoms. The Labute approximate surface area is 157 Å². The van der Waals surface area contributed by atoms with Crippen LogP contribution in [0.25, 0.3) is 0 Å². The zero-order valence-electron chi connectivity index (χ0n) is 14.9. The largest absolute Gasteiger partial charge is 0.495 e. The van der Waals surface area contributed by atoms with E-state index >= 15 is 0 Å². The van der Waals surface area contributed by atoms with E-state index in [2.05, 4.69) is 15.6 Å². The summed E-state index contributed by atoms with van der Waals surface area (Å²) in [6, 6.07) is 7.91. The van der Waals surface area contributed by atoms with Crippen molar-refractivity contribution >= 4 is 29.1 Å². The van der Waals surface area contributed by atoms with Crippen molar-refractivity contribution in [1.82, 2.24) is 15.2 Å². The molecule has 0 fully saturated rings. The van der Waals surface area contributed by atoms with Crippen LogP contribution in [-0.4, -0.2) is 56.0 Å². The maximum absolute atomic E-state index is 12.4. The highest BCUT2D eigenvalue weighted by Gasteiger charge is 2.13. The number of ether oxygens (including phenoxy) is 1. The molecule has 1 aromatic carbocycles. The normalized spacial score (nSPS) is 10.5. The lowest BCUT2D eigenvalue weighted by Gasteiger charge is -2.11. The summed E-state index contributed by atoms with van der Waals surface area (Å²) in [6.07, 6.45) is 1.43. The van der Waals surface area contributed by atoms with Crippen molar-refractivity contribution in [2.24, 2.45) is 0 Å². The molecule has 0 atom stereocenters. The molecule has 2 aromatic rings. The Hall–Kier alpha value is -2.64. The number of aromatic nitrogens is 1. The SMILES string of the molecule is COc1ccc(NC(=O)c2cc(C(=O)NCCN(C)C)ccn2)cc1Cl. The van der Waals surface area contributed by atoms with Gasteiger partial charge in [0.15, 0.2) is 0 Å². The number of halogens is 1. The molecule has 0 saturated carbocycles. The molecule has 0 aliphatic carbocycles. The van der Waals surface area contributed by atoms with Gasteiger partial charge in [0, 0.05) is 30.5 Å². The third-order valence-corrected chi connectivity index (χ3v) is 3.80. The molecular weight excluding hydrogens is 356 g/mol. The summed E-state index contributed by atoms with van der Waals surface area (Å²) < 4.78 is 5.07. The summed E-state index contributed by atoms with van der Waals surface area (Å²) in [5.74, 6) is -0.177. The lowest BCUT2D eigenvalue weighted by Crippen LogP contribution is -2.31. The number of carbonyl (C=O) groups excluding carboxylic acids is 2. The van der Waals surface area contributed by atoms with Crippen molar-refractivity contribution in [2.45, 2.75) is 0 Å². The standard InChI is InChI=1S/C18H21ClN4O3/c1-23(2)9-8-21-17(24)12-6-7-20-15(10-12)18(25)22-13-4-5-16(26-3)14(19)11-13/h4-7,10-11H,8-9H2,1-3H3,(H,21,24)(H,22,25). The number of nitrogens with one attached hydrogen (secondary N) is 2. The van der Waals surface area contributed by atoms with Crippen LogP contribution < -0.4 is 15.4 Å². The Kier molecular flexibility index (Phi) is 6.94. The molecule has 0 aliphatic rings. The van der Waals surface area contributed by atoms with E-state index in [0.717, 1.165) is 6.54 Å². The van der Waals surface area contributed by atoms with Gasteiger partial charge in [-0.05, 0) is 44.4 Å². The highest BCUT2D eigenvalue weighted by atomic mass is 35.5. The molecule has 26 heavy (non-hydrogen) atoms. The van der Waals surface area contributed by atoms with E-state index in [4.69, 9.17) is 16.3 Å². The second kappa shape index (κ2) is 9.17. The average molecular weight is 377 g/mol.